The largest absolute Gasteiger partial charge is 0.496 e. The molecule has 0 N–H and O–H groups in total. The van der Waals surface area contributed by atoms with Gasteiger partial charge in [0.25, 0.3) is 0 Å². The third-order valence-corrected chi connectivity index (χ3v) is 3.50. The Morgan fingerprint density at radius 2 is 1.90 bits per heavy atom. The molecule has 0 saturated heterocycles. The van der Waals surface area contributed by atoms with Crippen molar-refractivity contribution in [2.75, 3.05) is 7.11 Å². The lowest BCUT2D eigenvalue weighted by Crippen LogP contribution is -1.97. The van der Waals surface area contributed by atoms with Crippen molar-refractivity contribution in [3.63, 3.8) is 0 Å². The molecule has 0 aliphatic heterocycles. The molecule has 0 atom stereocenters. The lowest BCUT2D eigenvalue weighted by atomic mass is 10.00. The third kappa shape index (κ3) is 2.30. The predicted molar refractivity (Wildman–Crippen MR) is 78.1 cm³/mol. The fourth-order valence-electron chi connectivity index (χ4n) is 2.24. The summed E-state index contributed by atoms with van der Waals surface area (Å²) >= 11 is 6.10. The van der Waals surface area contributed by atoms with Gasteiger partial charge < -0.3 is 4.74 Å². The molecule has 3 aromatic rings. The number of hydrogen-bond acceptors (Lipinski definition) is 4. The topological polar surface area (TPSA) is 47.9 Å². The van der Waals surface area contributed by atoms with Crippen LogP contribution in [0.15, 0.2) is 42.9 Å². The molecule has 0 amide bonds. The summed E-state index contributed by atoms with van der Waals surface area (Å²) < 4.78 is 5.46. The van der Waals surface area contributed by atoms with Gasteiger partial charge in [-0.1, -0.05) is 11.6 Å². The summed E-state index contributed by atoms with van der Waals surface area (Å²) in [4.78, 5) is 4.03. The number of nitrogens with zero attached hydrogens (tertiary/aromatic N) is 3. The number of aromatic nitrogens is 3. The molecule has 4 nitrogen and oxygen atoms in total. The fraction of sp³-hybridized carbons (Fsp3) is 0.133. The maximum Gasteiger partial charge on any atom is 0.159 e. The van der Waals surface area contributed by atoms with E-state index in [1.54, 1.807) is 25.7 Å². The molecule has 0 radical (unpaired) electrons. The highest BCUT2D eigenvalue weighted by Gasteiger charge is 2.12. The van der Waals surface area contributed by atoms with Gasteiger partial charge in [-0.05, 0) is 29.8 Å². The van der Waals surface area contributed by atoms with Gasteiger partial charge in [-0.3, -0.25) is 4.98 Å². The number of hydrogen-bond donors (Lipinski definition) is 0. The zero-order valence-corrected chi connectivity index (χ0v) is 11.6. The van der Waals surface area contributed by atoms with E-state index in [9.17, 15) is 0 Å². The average Bonchev–Trinajstić information content (AvgIpc) is 2.49. The summed E-state index contributed by atoms with van der Waals surface area (Å²) in [5.41, 5.74) is 2.20. The van der Waals surface area contributed by atoms with Crippen LogP contribution in [-0.4, -0.2) is 22.3 Å². The maximum absolute atomic E-state index is 6.10. The van der Waals surface area contributed by atoms with Crippen molar-refractivity contribution in [1.82, 2.24) is 15.2 Å². The molecule has 0 spiro atoms. The molecule has 3 rings (SSSR count). The van der Waals surface area contributed by atoms with Crippen molar-refractivity contribution >= 4 is 22.4 Å². The van der Waals surface area contributed by atoms with E-state index in [1.807, 2.05) is 24.3 Å². The van der Waals surface area contributed by atoms with E-state index >= 15 is 0 Å². The lowest BCUT2D eigenvalue weighted by molar-refractivity contribution is 0.411. The SMILES string of the molecule is COc1ccc2c(Cl)nncc2c1Cc1ccncc1. The quantitative estimate of drug-likeness (QED) is 0.741. The Hall–Kier alpha value is -2.20. The summed E-state index contributed by atoms with van der Waals surface area (Å²) in [6.07, 6.45) is 6.00. The minimum Gasteiger partial charge on any atom is -0.496 e. The van der Waals surface area contributed by atoms with Crippen molar-refractivity contribution in [2.45, 2.75) is 6.42 Å². The molecule has 0 saturated carbocycles. The molecular weight excluding hydrogens is 274 g/mol. The number of rotatable bonds is 3. The molecule has 2 heterocycles. The molecule has 2 aromatic heterocycles. The first-order chi connectivity index (χ1) is 9.79. The van der Waals surface area contributed by atoms with E-state index in [0.717, 1.165) is 34.1 Å². The highest BCUT2D eigenvalue weighted by molar-refractivity contribution is 6.34. The van der Waals surface area contributed by atoms with Crippen LogP contribution >= 0.6 is 11.6 Å². The van der Waals surface area contributed by atoms with Crippen LogP contribution < -0.4 is 4.74 Å². The molecule has 100 valence electrons. The monoisotopic (exact) mass is 285 g/mol. The summed E-state index contributed by atoms with van der Waals surface area (Å²) in [6.45, 7) is 0. The number of benzene rings is 1. The maximum atomic E-state index is 6.10. The lowest BCUT2D eigenvalue weighted by Gasteiger charge is -2.12. The Morgan fingerprint density at radius 3 is 2.65 bits per heavy atom. The molecule has 5 heteroatoms. The van der Waals surface area contributed by atoms with Gasteiger partial charge in [-0.2, -0.15) is 5.10 Å². The standard InChI is InChI=1S/C15H12ClN3O/c1-20-14-3-2-11-13(9-18-19-15(11)16)12(14)8-10-4-6-17-7-5-10/h2-7,9H,8H2,1H3. The molecule has 0 aliphatic carbocycles. The van der Waals surface area contributed by atoms with Gasteiger partial charge in [0.15, 0.2) is 5.15 Å². The second-order valence-electron chi connectivity index (χ2n) is 4.38. The van der Waals surface area contributed by atoms with E-state index in [0.29, 0.717) is 5.15 Å². The normalized spacial score (nSPS) is 10.7. The molecule has 0 fully saturated rings. The Bertz CT molecular complexity index is 747. The minimum atomic E-state index is 0.404. The summed E-state index contributed by atoms with van der Waals surface area (Å²) in [5, 5.41) is 10.1. The van der Waals surface area contributed by atoms with Crippen LogP contribution in [0.1, 0.15) is 11.1 Å². The van der Waals surface area contributed by atoms with Crippen LogP contribution in [0.25, 0.3) is 10.8 Å². The molecule has 1 aromatic carbocycles. The van der Waals surface area contributed by atoms with Crippen LogP contribution in [0.4, 0.5) is 0 Å². The predicted octanol–water partition coefficient (Wildman–Crippen LogP) is 3.28. The molecule has 0 aliphatic rings. The zero-order valence-electron chi connectivity index (χ0n) is 10.9. The number of pyridine rings is 1. The van der Waals surface area contributed by atoms with Crippen molar-refractivity contribution in [3.8, 4) is 5.75 Å². The van der Waals surface area contributed by atoms with Gasteiger partial charge in [-0.15, -0.1) is 5.10 Å². The first kappa shape index (κ1) is 12.8. The average molecular weight is 286 g/mol. The van der Waals surface area contributed by atoms with E-state index < -0.39 is 0 Å². The Kier molecular flexibility index (Phi) is 3.48. The van der Waals surface area contributed by atoms with Gasteiger partial charge in [-0.25, -0.2) is 0 Å². The second kappa shape index (κ2) is 5.43. The summed E-state index contributed by atoms with van der Waals surface area (Å²) in [5.74, 6) is 0.818. The number of halogens is 1. The van der Waals surface area contributed by atoms with E-state index in [1.165, 1.54) is 0 Å². The highest BCUT2D eigenvalue weighted by atomic mass is 35.5. The summed E-state index contributed by atoms with van der Waals surface area (Å²) in [6, 6.07) is 7.77. The van der Waals surface area contributed by atoms with Gasteiger partial charge in [0, 0.05) is 35.2 Å². The molecule has 0 unspecified atom stereocenters. The Labute approximate surface area is 121 Å². The van der Waals surface area contributed by atoms with Crippen LogP contribution in [0.2, 0.25) is 5.15 Å². The van der Waals surface area contributed by atoms with Gasteiger partial charge in [0.2, 0.25) is 0 Å². The van der Waals surface area contributed by atoms with Crippen molar-refractivity contribution in [1.29, 1.82) is 0 Å². The van der Waals surface area contributed by atoms with Crippen LogP contribution in [-0.2, 0) is 6.42 Å². The first-order valence-electron chi connectivity index (χ1n) is 6.15. The van der Waals surface area contributed by atoms with Crippen molar-refractivity contribution < 1.29 is 4.74 Å². The Balaban J connectivity index is 2.19. The van der Waals surface area contributed by atoms with Crippen molar-refractivity contribution in [2.24, 2.45) is 0 Å². The van der Waals surface area contributed by atoms with Gasteiger partial charge >= 0.3 is 0 Å². The molecule has 20 heavy (non-hydrogen) atoms. The third-order valence-electron chi connectivity index (χ3n) is 3.22. The van der Waals surface area contributed by atoms with Gasteiger partial charge in [0.1, 0.15) is 5.75 Å². The number of methoxy groups -OCH3 is 1. The number of fused-ring (bicyclic) bond motifs is 1. The van der Waals surface area contributed by atoms with Gasteiger partial charge in [0.05, 0.1) is 13.3 Å². The highest BCUT2D eigenvalue weighted by Crippen LogP contribution is 2.31. The molecular formula is C15H12ClN3O. The summed E-state index contributed by atoms with van der Waals surface area (Å²) in [7, 11) is 1.66. The molecule has 0 bridgehead atoms. The van der Waals surface area contributed by atoms with Crippen molar-refractivity contribution in [3.05, 3.63) is 59.1 Å². The fourth-order valence-corrected chi connectivity index (χ4v) is 2.45. The smallest absolute Gasteiger partial charge is 0.159 e. The van der Waals surface area contributed by atoms with E-state index in [4.69, 9.17) is 16.3 Å². The van der Waals surface area contributed by atoms with Crippen LogP contribution in [0.3, 0.4) is 0 Å². The first-order valence-corrected chi connectivity index (χ1v) is 6.53. The van der Waals surface area contributed by atoms with Crippen LogP contribution in [0, 0.1) is 0 Å². The minimum absolute atomic E-state index is 0.404. The second-order valence-corrected chi connectivity index (χ2v) is 4.73. The van der Waals surface area contributed by atoms with Crippen LogP contribution in [0.5, 0.6) is 5.75 Å². The Morgan fingerprint density at radius 1 is 1.10 bits per heavy atom. The zero-order chi connectivity index (χ0) is 13.9. The van der Waals surface area contributed by atoms with E-state index in [-0.39, 0.29) is 0 Å². The number of ether oxygens (including phenoxy) is 1. The van der Waals surface area contributed by atoms with E-state index in [2.05, 4.69) is 15.2 Å².